The van der Waals surface area contributed by atoms with Crippen LogP contribution in [0.5, 0.6) is 11.5 Å². The van der Waals surface area contributed by atoms with Gasteiger partial charge in [0.1, 0.15) is 11.5 Å². The molecule has 2 N–H and O–H groups in total. The monoisotopic (exact) mass is 342 g/mol. The average Bonchev–Trinajstić information content (AvgIpc) is 3.05. The number of hydrogen-bond donors (Lipinski definition) is 1. The zero-order chi connectivity index (χ0) is 16.0. The van der Waals surface area contributed by atoms with Gasteiger partial charge in [0.25, 0.3) is 0 Å². The van der Waals surface area contributed by atoms with E-state index in [-0.39, 0.29) is 0 Å². The van der Waals surface area contributed by atoms with Crippen molar-refractivity contribution < 1.29 is 4.74 Å². The fourth-order valence-corrected chi connectivity index (χ4v) is 4.21. The lowest BCUT2D eigenvalue weighted by molar-refractivity contribution is 0.482. The van der Waals surface area contributed by atoms with Crippen LogP contribution in [0.2, 0.25) is 5.02 Å². The van der Waals surface area contributed by atoms with E-state index < -0.39 is 0 Å². The Hall–Kier alpha value is -2.04. The van der Waals surface area contributed by atoms with E-state index in [2.05, 4.69) is 24.1 Å². The number of thioether (sulfide) groups is 1. The van der Waals surface area contributed by atoms with Crippen LogP contribution in [0, 0.1) is 0 Å². The Labute approximate surface area is 144 Å². The maximum Gasteiger partial charge on any atom is 0.127 e. The van der Waals surface area contributed by atoms with Gasteiger partial charge in [0.15, 0.2) is 0 Å². The second-order valence-electron chi connectivity index (χ2n) is 5.49. The summed E-state index contributed by atoms with van der Waals surface area (Å²) in [5.41, 5.74) is 9.50. The second-order valence-corrected chi connectivity index (χ2v) is 7.04. The van der Waals surface area contributed by atoms with Crippen molar-refractivity contribution in [2.75, 3.05) is 7.05 Å². The lowest BCUT2D eigenvalue weighted by atomic mass is 10.1. The summed E-state index contributed by atoms with van der Waals surface area (Å²) in [5.74, 6) is 1.63. The van der Waals surface area contributed by atoms with E-state index in [9.17, 15) is 0 Å². The molecule has 1 aliphatic heterocycles. The molecule has 1 aliphatic carbocycles. The van der Waals surface area contributed by atoms with Crippen molar-refractivity contribution in [3.63, 3.8) is 0 Å². The van der Waals surface area contributed by atoms with Gasteiger partial charge in [-0.25, -0.2) is 0 Å². The van der Waals surface area contributed by atoms with Gasteiger partial charge in [-0.3, -0.25) is 0 Å². The van der Waals surface area contributed by atoms with E-state index in [1.165, 1.54) is 21.7 Å². The van der Waals surface area contributed by atoms with Gasteiger partial charge in [-0.2, -0.15) is 0 Å². The molecule has 3 nitrogen and oxygen atoms in total. The average molecular weight is 343 g/mol. The first kappa shape index (κ1) is 14.5. The minimum absolute atomic E-state index is 0.704. The smallest absolute Gasteiger partial charge is 0.127 e. The number of nitrogens with zero attached hydrogens (tertiary/aromatic N) is 1. The predicted octanol–water partition coefficient (Wildman–Crippen LogP) is 4.79. The number of hydrogen-bond acceptors (Lipinski definition) is 4. The molecule has 0 spiro atoms. The van der Waals surface area contributed by atoms with Crippen LogP contribution in [0.15, 0.2) is 58.6 Å². The molecule has 116 valence electrons. The first-order valence-corrected chi connectivity index (χ1v) is 8.48. The highest BCUT2D eigenvalue weighted by Crippen LogP contribution is 2.51. The van der Waals surface area contributed by atoms with Crippen LogP contribution in [0.4, 0.5) is 0 Å². The van der Waals surface area contributed by atoms with Crippen molar-refractivity contribution in [1.82, 2.24) is 4.90 Å². The molecule has 0 radical (unpaired) electrons. The zero-order valence-corrected chi connectivity index (χ0v) is 14.1. The molecule has 2 aliphatic rings. The minimum Gasteiger partial charge on any atom is -0.457 e. The Balaban J connectivity index is 1.61. The van der Waals surface area contributed by atoms with E-state index in [1.807, 2.05) is 30.3 Å². The molecule has 23 heavy (non-hydrogen) atoms. The molecular weight excluding hydrogens is 328 g/mol. The summed E-state index contributed by atoms with van der Waals surface area (Å²) in [4.78, 5) is 3.51. The second kappa shape index (κ2) is 5.55. The number of fused-ring (bicyclic) bond motifs is 2. The van der Waals surface area contributed by atoms with Crippen LogP contribution in [-0.2, 0) is 6.42 Å². The van der Waals surface area contributed by atoms with Crippen LogP contribution in [0.3, 0.4) is 0 Å². The van der Waals surface area contributed by atoms with Crippen molar-refractivity contribution in [2.45, 2.75) is 6.42 Å². The Kier molecular flexibility index (Phi) is 3.51. The third-order valence-corrected chi connectivity index (χ3v) is 5.49. The number of ether oxygens (including phenoxy) is 1. The van der Waals surface area contributed by atoms with Crippen molar-refractivity contribution in [2.24, 2.45) is 5.73 Å². The summed E-state index contributed by atoms with van der Waals surface area (Å²) < 4.78 is 5.92. The van der Waals surface area contributed by atoms with E-state index >= 15 is 0 Å². The number of nitrogens with two attached hydrogens (primary N) is 1. The van der Waals surface area contributed by atoms with E-state index in [0.717, 1.165) is 22.9 Å². The van der Waals surface area contributed by atoms with Gasteiger partial charge in [-0.1, -0.05) is 23.4 Å². The van der Waals surface area contributed by atoms with Crippen LogP contribution in [0.25, 0.3) is 5.70 Å². The molecule has 0 atom stereocenters. The standard InChI is InChI=1S/C18H15ClN2OS/c1-21-17(10-20)23-16-9-11-8-14(6-7-15(11)18(16)21)22-13-4-2-12(19)3-5-13/h2-8,10H,9,20H2,1H3. The van der Waals surface area contributed by atoms with Crippen molar-refractivity contribution in [3.05, 3.63) is 74.7 Å². The normalized spacial score (nSPS) is 17.7. The molecule has 0 saturated heterocycles. The van der Waals surface area contributed by atoms with E-state index in [4.69, 9.17) is 22.1 Å². The lowest BCUT2D eigenvalue weighted by Crippen LogP contribution is -2.11. The summed E-state index contributed by atoms with van der Waals surface area (Å²) in [6, 6.07) is 13.6. The molecule has 0 bridgehead atoms. The fourth-order valence-electron chi connectivity index (χ4n) is 2.96. The van der Waals surface area contributed by atoms with Gasteiger partial charge in [-0.05, 0) is 48.0 Å². The molecule has 2 aromatic rings. The van der Waals surface area contributed by atoms with E-state index in [0.29, 0.717) is 5.02 Å². The maximum atomic E-state index is 5.92. The molecule has 1 heterocycles. The molecule has 0 amide bonds. The van der Waals surface area contributed by atoms with E-state index in [1.54, 1.807) is 18.0 Å². The Morgan fingerprint density at radius 1 is 1.17 bits per heavy atom. The Morgan fingerprint density at radius 3 is 2.65 bits per heavy atom. The number of allylic oxidation sites excluding steroid dienone is 1. The molecule has 0 aromatic heterocycles. The molecular formula is C18H15ClN2OS. The fraction of sp³-hybridized carbons (Fsp3) is 0.111. The minimum atomic E-state index is 0.704. The highest BCUT2D eigenvalue weighted by molar-refractivity contribution is 8.07. The molecule has 2 aromatic carbocycles. The van der Waals surface area contributed by atoms with Crippen LogP contribution < -0.4 is 10.5 Å². The Morgan fingerprint density at radius 2 is 1.91 bits per heavy atom. The first-order valence-electron chi connectivity index (χ1n) is 7.29. The van der Waals surface area contributed by atoms with Gasteiger partial charge >= 0.3 is 0 Å². The number of rotatable bonds is 2. The summed E-state index contributed by atoms with van der Waals surface area (Å²) in [5, 5.41) is 1.79. The Bertz CT molecular complexity index is 843. The molecule has 5 heteroatoms. The lowest BCUT2D eigenvalue weighted by Gasteiger charge is -2.18. The third kappa shape index (κ3) is 2.48. The third-order valence-electron chi connectivity index (χ3n) is 4.03. The SMILES string of the molecule is CN1C(=CN)SC2=C1c1ccc(Oc3ccc(Cl)cc3)cc1C2. The van der Waals surface area contributed by atoms with Gasteiger partial charge in [0.2, 0.25) is 0 Å². The predicted molar refractivity (Wildman–Crippen MR) is 96.2 cm³/mol. The summed E-state index contributed by atoms with van der Waals surface area (Å²) in [7, 11) is 2.06. The number of benzene rings is 2. The highest BCUT2D eigenvalue weighted by atomic mass is 35.5. The summed E-state index contributed by atoms with van der Waals surface area (Å²) in [6.07, 6.45) is 2.59. The van der Waals surface area contributed by atoms with Crippen LogP contribution in [-0.4, -0.2) is 11.9 Å². The van der Waals surface area contributed by atoms with Crippen molar-refractivity contribution in [1.29, 1.82) is 0 Å². The van der Waals surface area contributed by atoms with Gasteiger partial charge in [0.05, 0.1) is 10.7 Å². The van der Waals surface area contributed by atoms with Gasteiger partial charge in [-0.15, -0.1) is 0 Å². The van der Waals surface area contributed by atoms with Crippen molar-refractivity contribution in [3.8, 4) is 11.5 Å². The number of halogens is 1. The largest absolute Gasteiger partial charge is 0.457 e. The summed E-state index contributed by atoms with van der Waals surface area (Å²) >= 11 is 7.65. The summed E-state index contributed by atoms with van der Waals surface area (Å²) in [6.45, 7) is 0. The molecule has 0 unspecified atom stereocenters. The van der Waals surface area contributed by atoms with Crippen molar-refractivity contribution >= 4 is 29.1 Å². The molecule has 4 rings (SSSR count). The molecule has 0 fully saturated rings. The maximum absolute atomic E-state index is 5.92. The zero-order valence-electron chi connectivity index (χ0n) is 12.5. The highest BCUT2D eigenvalue weighted by Gasteiger charge is 2.32. The topological polar surface area (TPSA) is 38.5 Å². The van der Waals surface area contributed by atoms with Crippen LogP contribution >= 0.6 is 23.4 Å². The molecule has 0 saturated carbocycles. The van der Waals surface area contributed by atoms with Gasteiger partial charge < -0.3 is 15.4 Å². The quantitative estimate of drug-likeness (QED) is 0.851. The van der Waals surface area contributed by atoms with Gasteiger partial charge in [0, 0.05) is 35.2 Å². The first-order chi connectivity index (χ1) is 11.2. The van der Waals surface area contributed by atoms with Crippen LogP contribution in [0.1, 0.15) is 11.1 Å².